The maximum Gasteiger partial charge on any atom is 0.101 e. The predicted octanol–water partition coefficient (Wildman–Crippen LogP) is 3.88. The van der Waals surface area contributed by atoms with Gasteiger partial charge in [0.1, 0.15) is 6.07 Å². The van der Waals surface area contributed by atoms with E-state index in [1.165, 1.54) is 0 Å². The average Bonchev–Trinajstić information content (AvgIpc) is 3.02. The molecule has 3 heterocycles. The summed E-state index contributed by atoms with van der Waals surface area (Å²) in [6.07, 6.45) is 7.28. The van der Waals surface area contributed by atoms with E-state index < -0.39 is 5.60 Å². The van der Waals surface area contributed by atoms with Gasteiger partial charge in [-0.05, 0) is 50.1 Å². The van der Waals surface area contributed by atoms with Crippen LogP contribution in [0.2, 0.25) is 0 Å². The molecule has 120 valence electrons. The summed E-state index contributed by atoms with van der Waals surface area (Å²) in [5, 5.41) is 19.7. The molecule has 4 nitrogen and oxygen atoms in total. The van der Waals surface area contributed by atoms with Gasteiger partial charge in [0.2, 0.25) is 0 Å². The van der Waals surface area contributed by atoms with Crippen molar-refractivity contribution < 1.29 is 5.11 Å². The van der Waals surface area contributed by atoms with Crippen LogP contribution in [0, 0.1) is 11.3 Å². The van der Waals surface area contributed by atoms with E-state index in [0.717, 1.165) is 34.5 Å². The first-order valence-corrected chi connectivity index (χ1v) is 8.79. The normalized spacial score (nSPS) is 23.0. The Morgan fingerprint density at radius 3 is 2.92 bits per heavy atom. The molecule has 0 bridgehead atoms. The maximum absolute atomic E-state index is 9.96. The fraction of sp³-hybridized carbons (Fsp3) is 0.263. The molecule has 24 heavy (non-hydrogen) atoms. The SMILES string of the molecule is CC1(O)CC(Sc2ccncc2-c2ccc(C#N)c3cccn23)C1. The average molecular weight is 335 g/mol. The first-order valence-electron chi connectivity index (χ1n) is 7.91. The van der Waals surface area contributed by atoms with Crippen LogP contribution in [0.15, 0.2) is 53.8 Å². The van der Waals surface area contributed by atoms with Crippen molar-refractivity contribution in [2.45, 2.75) is 35.5 Å². The Morgan fingerprint density at radius 1 is 1.33 bits per heavy atom. The molecule has 0 radical (unpaired) electrons. The highest BCUT2D eigenvalue weighted by molar-refractivity contribution is 8.00. The molecule has 0 aromatic carbocycles. The third-order valence-electron chi connectivity index (χ3n) is 4.50. The minimum atomic E-state index is -0.521. The lowest BCUT2D eigenvalue weighted by atomic mass is 9.82. The lowest BCUT2D eigenvalue weighted by molar-refractivity contribution is -0.00943. The smallest absolute Gasteiger partial charge is 0.101 e. The molecule has 0 spiro atoms. The maximum atomic E-state index is 9.96. The van der Waals surface area contributed by atoms with Crippen molar-refractivity contribution in [1.82, 2.24) is 9.38 Å². The number of rotatable bonds is 3. The van der Waals surface area contributed by atoms with Crippen molar-refractivity contribution in [3.63, 3.8) is 0 Å². The highest BCUT2D eigenvalue weighted by atomic mass is 32.2. The fourth-order valence-corrected chi connectivity index (χ4v) is 4.98. The molecule has 1 saturated carbocycles. The molecular formula is C19H17N3OS. The van der Waals surface area contributed by atoms with E-state index in [1.54, 1.807) is 18.0 Å². The van der Waals surface area contributed by atoms with Gasteiger partial charge in [0.25, 0.3) is 0 Å². The molecule has 1 fully saturated rings. The van der Waals surface area contributed by atoms with Gasteiger partial charge in [0.05, 0.1) is 22.4 Å². The quantitative estimate of drug-likeness (QED) is 0.789. The first-order chi connectivity index (χ1) is 11.6. The molecule has 0 saturated heterocycles. The number of thioether (sulfide) groups is 1. The largest absolute Gasteiger partial charge is 0.390 e. The van der Waals surface area contributed by atoms with Crippen LogP contribution in [0.3, 0.4) is 0 Å². The molecule has 5 heteroatoms. The topological polar surface area (TPSA) is 61.3 Å². The third-order valence-corrected chi connectivity index (χ3v) is 5.77. The van der Waals surface area contributed by atoms with Crippen molar-refractivity contribution in [3.05, 3.63) is 54.5 Å². The summed E-state index contributed by atoms with van der Waals surface area (Å²) >= 11 is 1.80. The summed E-state index contributed by atoms with van der Waals surface area (Å²) in [6.45, 7) is 1.89. The zero-order chi connectivity index (χ0) is 16.7. The number of nitriles is 1. The minimum absolute atomic E-state index is 0.430. The van der Waals surface area contributed by atoms with Crippen molar-refractivity contribution in [1.29, 1.82) is 5.26 Å². The second kappa shape index (κ2) is 5.66. The monoisotopic (exact) mass is 335 g/mol. The summed E-state index contributed by atoms with van der Waals surface area (Å²) in [4.78, 5) is 5.45. The number of hydrogen-bond donors (Lipinski definition) is 1. The third kappa shape index (κ3) is 2.58. The zero-order valence-corrected chi connectivity index (χ0v) is 14.1. The Labute approximate surface area is 144 Å². The van der Waals surface area contributed by atoms with Gasteiger partial charge < -0.3 is 9.51 Å². The number of hydrogen-bond acceptors (Lipinski definition) is 4. The second-order valence-corrected chi connectivity index (χ2v) is 7.87. The van der Waals surface area contributed by atoms with Crippen LogP contribution in [0.1, 0.15) is 25.3 Å². The first kappa shape index (κ1) is 15.3. The van der Waals surface area contributed by atoms with Gasteiger partial charge in [0, 0.05) is 34.3 Å². The summed E-state index contributed by atoms with van der Waals surface area (Å²) in [5.74, 6) is 0. The Bertz CT molecular complexity index is 947. The molecule has 3 aromatic rings. The van der Waals surface area contributed by atoms with Gasteiger partial charge >= 0.3 is 0 Å². The van der Waals surface area contributed by atoms with Gasteiger partial charge in [-0.15, -0.1) is 11.8 Å². The standard InChI is InChI=1S/C19H17N3OS/c1-19(23)9-14(10-19)24-18-6-7-21-12-15(18)17-5-4-13(11-20)16-3-2-8-22(16)17/h2-8,12,14,23H,9-10H2,1H3. The number of nitrogens with zero attached hydrogens (tertiary/aromatic N) is 3. The highest BCUT2D eigenvalue weighted by Crippen LogP contribution is 2.45. The number of aliphatic hydroxyl groups is 1. The number of pyridine rings is 2. The molecular weight excluding hydrogens is 318 g/mol. The van der Waals surface area contributed by atoms with E-state index in [-0.39, 0.29) is 0 Å². The van der Waals surface area contributed by atoms with E-state index in [9.17, 15) is 10.4 Å². The highest BCUT2D eigenvalue weighted by Gasteiger charge is 2.39. The van der Waals surface area contributed by atoms with Crippen LogP contribution in [0.5, 0.6) is 0 Å². The molecule has 1 aliphatic rings. The molecule has 1 N–H and O–H groups in total. The lowest BCUT2D eigenvalue weighted by Gasteiger charge is -2.40. The lowest BCUT2D eigenvalue weighted by Crippen LogP contribution is -2.42. The Kier molecular flexibility index (Phi) is 3.60. The van der Waals surface area contributed by atoms with Gasteiger partial charge in [-0.2, -0.15) is 5.26 Å². The van der Waals surface area contributed by atoms with E-state index in [1.807, 2.05) is 54.0 Å². The van der Waals surface area contributed by atoms with Crippen molar-refractivity contribution in [2.24, 2.45) is 0 Å². The van der Waals surface area contributed by atoms with E-state index >= 15 is 0 Å². The molecule has 3 aromatic heterocycles. The van der Waals surface area contributed by atoms with Gasteiger partial charge in [-0.25, -0.2) is 0 Å². The predicted molar refractivity (Wildman–Crippen MR) is 94.8 cm³/mol. The fourth-order valence-electron chi connectivity index (χ4n) is 3.31. The van der Waals surface area contributed by atoms with Crippen LogP contribution in [0.4, 0.5) is 0 Å². The van der Waals surface area contributed by atoms with Crippen LogP contribution < -0.4 is 0 Å². The van der Waals surface area contributed by atoms with Crippen molar-refractivity contribution in [2.75, 3.05) is 0 Å². The minimum Gasteiger partial charge on any atom is -0.390 e. The summed E-state index contributed by atoms with van der Waals surface area (Å²) in [7, 11) is 0. The summed E-state index contributed by atoms with van der Waals surface area (Å²) in [5.41, 5.74) is 3.13. The van der Waals surface area contributed by atoms with Crippen LogP contribution in [0.25, 0.3) is 16.8 Å². The molecule has 0 unspecified atom stereocenters. The van der Waals surface area contributed by atoms with Crippen molar-refractivity contribution >= 4 is 17.3 Å². The second-order valence-electron chi connectivity index (χ2n) is 6.52. The molecule has 0 atom stereocenters. The summed E-state index contributed by atoms with van der Waals surface area (Å²) in [6, 6.07) is 12.0. The van der Waals surface area contributed by atoms with Gasteiger partial charge in [0.15, 0.2) is 0 Å². The Balaban J connectivity index is 1.76. The Morgan fingerprint density at radius 2 is 2.17 bits per heavy atom. The van der Waals surface area contributed by atoms with E-state index in [4.69, 9.17) is 0 Å². The van der Waals surface area contributed by atoms with E-state index in [2.05, 4.69) is 11.1 Å². The Hall–Kier alpha value is -2.29. The van der Waals surface area contributed by atoms with E-state index in [0.29, 0.717) is 10.8 Å². The molecule has 0 aliphatic heterocycles. The number of fused-ring (bicyclic) bond motifs is 1. The van der Waals surface area contributed by atoms with Crippen LogP contribution in [-0.2, 0) is 0 Å². The summed E-state index contributed by atoms with van der Waals surface area (Å²) < 4.78 is 2.04. The number of aromatic nitrogens is 2. The molecule has 4 rings (SSSR count). The van der Waals surface area contributed by atoms with Crippen molar-refractivity contribution in [3.8, 4) is 17.3 Å². The van der Waals surface area contributed by atoms with Gasteiger partial charge in [-0.3, -0.25) is 4.98 Å². The molecule has 1 aliphatic carbocycles. The molecule has 0 amide bonds. The van der Waals surface area contributed by atoms with Crippen LogP contribution in [-0.4, -0.2) is 25.3 Å². The van der Waals surface area contributed by atoms with Gasteiger partial charge in [-0.1, -0.05) is 0 Å². The van der Waals surface area contributed by atoms with Crippen LogP contribution >= 0.6 is 11.8 Å². The zero-order valence-electron chi connectivity index (χ0n) is 13.3.